The van der Waals surface area contributed by atoms with E-state index in [1.54, 1.807) is 14.0 Å². The second-order valence-corrected chi connectivity index (χ2v) is 5.70. The van der Waals surface area contributed by atoms with Crippen molar-refractivity contribution in [3.8, 4) is 11.5 Å². The largest absolute Gasteiger partial charge is 0.457 e. The Hall–Kier alpha value is -1.36. The van der Waals surface area contributed by atoms with Gasteiger partial charge in [-0.3, -0.25) is 0 Å². The van der Waals surface area contributed by atoms with Crippen molar-refractivity contribution in [2.75, 3.05) is 13.7 Å². The van der Waals surface area contributed by atoms with Crippen molar-refractivity contribution in [2.45, 2.75) is 19.4 Å². The lowest BCUT2D eigenvalue weighted by Crippen LogP contribution is -1.95. The third-order valence-electron chi connectivity index (χ3n) is 3.18. The Kier molecular flexibility index (Phi) is 5.79. The van der Waals surface area contributed by atoms with Gasteiger partial charge in [0, 0.05) is 11.6 Å². The zero-order chi connectivity index (χ0) is 15.2. The topological polar surface area (TPSA) is 38.7 Å². The van der Waals surface area contributed by atoms with Crippen molar-refractivity contribution in [1.82, 2.24) is 0 Å². The van der Waals surface area contributed by atoms with Gasteiger partial charge in [-0.2, -0.15) is 0 Å². The van der Waals surface area contributed by atoms with Gasteiger partial charge in [-0.15, -0.1) is 0 Å². The van der Waals surface area contributed by atoms with Gasteiger partial charge >= 0.3 is 0 Å². The first-order valence-electron chi connectivity index (χ1n) is 6.83. The van der Waals surface area contributed by atoms with Crippen molar-refractivity contribution < 1.29 is 14.6 Å². The molecule has 3 nitrogen and oxygen atoms in total. The Balaban J connectivity index is 2.06. The highest BCUT2D eigenvalue weighted by Gasteiger charge is 2.07. The Morgan fingerprint density at radius 1 is 1.10 bits per heavy atom. The first-order valence-corrected chi connectivity index (χ1v) is 7.62. The molecule has 1 N–H and O–H groups in total. The minimum atomic E-state index is -0.506. The van der Waals surface area contributed by atoms with Crippen LogP contribution in [0.15, 0.2) is 46.9 Å². The molecule has 4 heteroatoms. The van der Waals surface area contributed by atoms with Crippen LogP contribution in [0.3, 0.4) is 0 Å². The maximum absolute atomic E-state index is 9.61. The Bertz CT molecular complexity index is 579. The van der Waals surface area contributed by atoms with E-state index in [-0.39, 0.29) is 0 Å². The smallest absolute Gasteiger partial charge is 0.128 e. The summed E-state index contributed by atoms with van der Waals surface area (Å²) in [6.45, 7) is 2.45. The fourth-order valence-electron chi connectivity index (χ4n) is 1.99. The highest BCUT2D eigenvalue weighted by Crippen LogP contribution is 2.30. The standard InChI is InChI=1S/C17H19BrO3/c1-12(19)16-8-7-15(11-17(16)18)21-14-5-3-13(4-6-14)9-10-20-2/h3-8,11-12,19H,9-10H2,1-2H3/t12-/m0/s1. The van der Waals surface area contributed by atoms with Crippen LogP contribution in [-0.4, -0.2) is 18.8 Å². The SMILES string of the molecule is COCCc1ccc(Oc2ccc([C@H](C)O)c(Br)c2)cc1. The van der Waals surface area contributed by atoms with Crippen molar-refractivity contribution >= 4 is 15.9 Å². The molecule has 0 spiro atoms. The fourth-order valence-corrected chi connectivity index (χ4v) is 2.68. The summed E-state index contributed by atoms with van der Waals surface area (Å²) in [6, 6.07) is 13.5. The lowest BCUT2D eigenvalue weighted by molar-refractivity contribution is 0.198. The lowest BCUT2D eigenvalue weighted by Gasteiger charge is -2.11. The number of hydrogen-bond acceptors (Lipinski definition) is 3. The van der Waals surface area contributed by atoms with Crippen LogP contribution in [0.25, 0.3) is 0 Å². The second kappa shape index (κ2) is 7.59. The molecule has 0 bridgehead atoms. The molecule has 0 unspecified atom stereocenters. The summed E-state index contributed by atoms with van der Waals surface area (Å²) >= 11 is 3.45. The van der Waals surface area contributed by atoms with E-state index in [2.05, 4.69) is 15.9 Å². The molecule has 0 radical (unpaired) electrons. The third-order valence-corrected chi connectivity index (χ3v) is 3.86. The molecule has 1 atom stereocenters. The average Bonchev–Trinajstić information content (AvgIpc) is 2.46. The number of methoxy groups -OCH3 is 1. The third kappa shape index (κ3) is 4.56. The molecular formula is C17H19BrO3. The predicted molar refractivity (Wildman–Crippen MR) is 86.9 cm³/mol. The number of halogens is 1. The van der Waals surface area contributed by atoms with Gasteiger partial charge in [0.1, 0.15) is 11.5 Å². The molecule has 0 aliphatic heterocycles. The lowest BCUT2D eigenvalue weighted by atomic mass is 10.1. The van der Waals surface area contributed by atoms with Gasteiger partial charge in [-0.05, 0) is 48.7 Å². The zero-order valence-electron chi connectivity index (χ0n) is 12.2. The van der Waals surface area contributed by atoms with Gasteiger partial charge in [0.15, 0.2) is 0 Å². The van der Waals surface area contributed by atoms with Crippen LogP contribution in [0.2, 0.25) is 0 Å². The molecule has 2 aromatic rings. The summed E-state index contributed by atoms with van der Waals surface area (Å²) in [5, 5.41) is 9.61. The fraction of sp³-hybridized carbons (Fsp3) is 0.294. The van der Waals surface area contributed by atoms with E-state index in [4.69, 9.17) is 9.47 Å². The average molecular weight is 351 g/mol. The number of ether oxygens (including phenoxy) is 2. The van der Waals surface area contributed by atoms with Crippen LogP contribution >= 0.6 is 15.9 Å². The summed E-state index contributed by atoms with van der Waals surface area (Å²) in [4.78, 5) is 0. The Morgan fingerprint density at radius 2 is 1.76 bits per heavy atom. The van der Waals surface area contributed by atoms with E-state index >= 15 is 0 Å². The molecule has 112 valence electrons. The Morgan fingerprint density at radius 3 is 2.33 bits per heavy atom. The minimum absolute atomic E-state index is 0.506. The van der Waals surface area contributed by atoms with Crippen LogP contribution in [0.4, 0.5) is 0 Å². The Labute approximate surface area is 133 Å². The van der Waals surface area contributed by atoms with Crippen LogP contribution < -0.4 is 4.74 Å². The van der Waals surface area contributed by atoms with Gasteiger partial charge in [0.25, 0.3) is 0 Å². The van der Waals surface area contributed by atoms with E-state index in [0.29, 0.717) is 6.61 Å². The van der Waals surface area contributed by atoms with Gasteiger partial charge in [0.2, 0.25) is 0 Å². The molecule has 0 saturated carbocycles. The van der Waals surface area contributed by atoms with Gasteiger partial charge in [-0.1, -0.05) is 34.1 Å². The highest BCUT2D eigenvalue weighted by atomic mass is 79.9. The number of benzene rings is 2. The summed E-state index contributed by atoms with van der Waals surface area (Å²) in [6.07, 6.45) is 0.388. The summed E-state index contributed by atoms with van der Waals surface area (Å²) in [5.41, 5.74) is 2.06. The first kappa shape index (κ1) is 16.0. The van der Waals surface area contributed by atoms with Crippen molar-refractivity contribution in [3.63, 3.8) is 0 Å². The highest BCUT2D eigenvalue weighted by molar-refractivity contribution is 9.10. The molecule has 2 aromatic carbocycles. The van der Waals surface area contributed by atoms with Crippen LogP contribution in [0.1, 0.15) is 24.2 Å². The van der Waals surface area contributed by atoms with E-state index in [1.807, 2.05) is 42.5 Å². The minimum Gasteiger partial charge on any atom is -0.457 e. The molecule has 0 heterocycles. The van der Waals surface area contributed by atoms with E-state index in [1.165, 1.54) is 5.56 Å². The van der Waals surface area contributed by atoms with Crippen LogP contribution in [0, 0.1) is 0 Å². The van der Waals surface area contributed by atoms with Crippen molar-refractivity contribution in [1.29, 1.82) is 0 Å². The monoisotopic (exact) mass is 350 g/mol. The van der Waals surface area contributed by atoms with Gasteiger partial charge in [0.05, 0.1) is 12.7 Å². The van der Waals surface area contributed by atoms with Gasteiger partial charge < -0.3 is 14.6 Å². The van der Waals surface area contributed by atoms with Crippen molar-refractivity contribution in [3.05, 3.63) is 58.1 Å². The summed E-state index contributed by atoms with van der Waals surface area (Å²) in [7, 11) is 1.70. The first-order chi connectivity index (χ1) is 10.1. The zero-order valence-corrected chi connectivity index (χ0v) is 13.8. The number of aliphatic hydroxyl groups excluding tert-OH is 1. The quantitative estimate of drug-likeness (QED) is 0.834. The van der Waals surface area contributed by atoms with E-state index < -0.39 is 6.10 Å². The molecule has 0 aliphatic rings. The molecule has 2 rings (SSSR count). The molecule has 0 amide bonds. The maximum Gasteiger partial charge on any atom is 0.128 e. The summed E-state index contributed by atoms with van der Waals surface area (Å²) in [5.74, 6) is 1.52. The molecule has 0 fully saturated rings. The summed E-state index contributed by atoms with van der Waals surface area (Å²) < 4.78 is 11.7. The predicted octanol–water partition coefficient (Wildman–Crippen LogP) is 4.48. The van der Waals surface area contributed by atoms with Gasteiger partial charge in [-0.25, -0.2) is 0 Å². The normalized spacial score (nSPS) is 12.2. The number of aliphatic hydroxyl groups is 1. The molecular weight excluding hydrogens is 332 g/mol. The number of hydrogen-bond donors (Lipinski definition) is 1. The molecule has 0 saturated heterocycles. The van der Waals surface area contributed by atoms with Crippen molar-refractivity contribution in [2.24, 2.45) is 0 Å². The molecule has 21 heavy (non-hydrogen) atoms. The number of rotatable bonds is 6. The second-order valence-electron chi connectivity index (χ2n) is 4.85. The van der Waals surface area contributed by atoms with Crippen LogP contribution in [0.5, 0.6) is 11.5 Å². The molecule has 0 aliphatic carbocycles. The van der Waals surface area contributed by atoms with Crippen LogP contribution in [-0.2, 0) is 11.2 Å². The van der Waals surface area contributed by atoms with E-state index in [0.717, 1.165) is 28.0 Å². The van der Waals surface area contributed by atoms with E-state index in [9.17, 15) is 5.11 Å². The maximum atomic E-state index is 9.61. The molecule has 0 aromatic heterocycles.